The van der Waals surface area contributed by atoms with Crippen LogP contribution in [0.2, 0.25) is 0 Å². The van der Waals surface area contributed by atoms with E-state index in [1.54, 1.807) is 18.2 Å². The van der Waals surface area contributed by atoms with Crippen LogP contribution in [0.5, 0.6) is 0 Å². The lowest BCUT2D eigenvalue weighted by molar-refractivity contribution is -0.385. The minimum Gasteiger partial charge on any atom is -0.354 e. The maximum Gasteiger partial charge on any atom is 0.271 e. The van der Waals surface area contributed by atoms with Gasteiger partial charge in [-0.3, -0.25) is 25.0 Å². The predicted molar refractivity (Wildman–Crippen MR) is 129 cm³/mol. The maximum absolute atomic E-state index is 13.0. The summed E-state index contributed by atoms with van der Waals surface area (Å²) >= 11 is 0. The van der Waals surface area contributed by atoms with Crippen molar-refractivity contribution in [1.82, 2.24) is 0 Å². The van der Waals surface area contributed by atoms with Gasteiger partial charge in [-0.2, -0.15) is 0 Å². The number of hydrogen-bond acceptors (Lipinski definition) is 6. The highest BCUT2D eigenvalue weighted by Crippen LogP contribution is 2.31. The molecule has 0 saturated heterocycles. The van der Waals surface area contributed by atoms with Crippen LogP contribution >= 0.6 is 0 Å². The Balaban J connectivity index is 1.62. The van der Waals surface area contributed by atoms with E-state index in [-0.39, 0.29) is 17.1 Å². The van der Waals surface area contributed by atoms with Crippen LogP contribution in [-0.2, 0) is 0 Å². The van der Waals surface area contributed by atoms with Crippen LogP contribution in [0, 0.1) is 20.2 Å². The van der Waals surface area contributed by atoms with E-state index in [4.69, 9.17) is 0 Å². The zero-order valence-corrected chi connectivity index (χ0v) is 17.7. The molecule has 0 heterocycles. The molecule has 0 atom stereocenters. The van der Waals surface area contributed by atoms with Crippen LogP contribution in [-0.4, -0.2) is 15.8 Å². The van der Waals surface area contributed by atoms with Crippen molar-refractivity contribution in [3.8, 4) is 11.1 Å². The molecule has 4 aromatic rings. The fraction of sp³-hybridized carbons (Fsp3) is 0. The van der Waals surface area contributed by atoms with E-state index in [1.807, 2.05) is 36.4 Å². The van der Waals surface area contributed by atoms with E-state index < -0.39 is 15.8 Å². The van der Waals surface area contributed by atoms with Gasteiger partial charge < -0.3 is 10.6 Å². The second-order valence-electron chi connectivity index (χ2n) is 7.32. The highest BCUT2D eigenvalue weighted by atomic mass is 16.6. The molecule has 0 aliphatic carbocycles. The van der Waals surface area contributed by atoms with Crippen LogP contribution in [0.1, 0.15) is 10.4 Å². The summed E-state index contributed by atoms with van der Waals surface area (Å²) in [5, 5.41) is 27.9. The van der Waals surface area contributed by atoms with Crippen molar-refractivity contribution in [2.75, 3.05) is 10.6 Å². The van der Waals surface area contributed by atoms with Crippen molar-refractivity contribution >= 4 is 34.3 Å². The van der Waals surface area contributed by atoms with Gasteiger partial charge in [0.15, 0.2) is 0 Å². The third-order valence-electron chi connectivity index (χ3n) is 5.05. The van der Waals surface area contributed by atoms with Gasteiger partial charge in [-0.05, 0) is 41.5 Å². The number of nitrogens with one attached hydrogen (secondary N) is 2. The monoisotopic (exact) mass is 454 g/mol. The van der Waals surface area contributed by atoms with Gasteiger partial charge in [-0.25, -0.2) is 0 Å². The largest absolute Gasteiger partial charge is 0.354 e. The molecule has 0 saturated carbocycles. The number of hydrogen-bond donors (Lipinski definition) is 2. The van der Waals surface area contributed by atoms with Gasteiger partial charge >= 0.3 is 0 Å². The number of nitro groups is 2. The number of nitro benzene ring substituents is 2. The van der Waals surface area contributed by atoms with E-state index in [0.29, 0.717) is 16.9 Å². The van der Waals surface area contributed by atoms with Crippen molar-refractivity contribution in [3.63, 3.8) is 0 Å². The van der Waals surface area contributed by atoms with E-state index in [0.717, 1.165) is 11.1 Å². The number of amides is 1. The Morgan fingerprint density at radius 1 is 0.647 bits per heavy atom. The number of carbonyl (C=O) groups excluding carboxylic acids is 1. The SMILES string of the molecule is O=C(Nc1cc([N+](=O)[O-])ccc1Nc1ccc([N+](=O)[O-])cc1)c1cccc(-c2ccccc2)c1. The summed E-state index contributed by atoms with van der Waals surface area (Å²) in [5.41, 5.74) is 3.04. The van der Waals surface area contributed by atoms with Crippen molar-refractivity contribution in [2.24, 2.45) is 0 Å². The minimum absolute atomic E-state index is 0.0685. The molecule has 0 bridgehead atoms. The average Bonchev–Trinajstić information content (AvgIpc) is 2.86. The number of carbonyl (C=O) groups is 1. The predicted octanol–water partition coefficient (Wildman–Crippen LogP) is 6.17. The first kappa shape index (κ1) is 22.2. The molecule has 0 unspecified atom stereocenters. The summed E-state index contributed by atoms with van der Waals surface area (Å²) in [7, 11) is 0. The molecule has 9 heteroatoms. The molecule has 0 aromatic heterocycles. The molecule has 4 rings (SSSR count). The molecule has 9 nitrogen and oxygen atoms in total. The van der Waals surface area contributed by atoms with Crippen LogP contribution < -0.4 is 10.6 Å². The van der Waals surface area contributed by atoms with Crippen molar-refractivity contribution < 1.29 is 14.6 Å². The van der Waals surface area contributed by atoms with Gasteiger partial charge in [0.25, 0.3) is 17.3 Å². The van der Waals surface area contributed by atoms with E-state index >= 15 is 0 Å². The Morgan fingerprint density at radius 3 is 1.97 bits per heavy atom. The standard InChI is InChI=1S/C25H18N4O5/c30-25(19-8-4-7-18(15-19)17-5-2-1-3-6-17)27-24-16-22(29(33)34)13-14-23(24)26-20-9-11-21(12-10-20)28(31)32/h1-16,26H,(H,27,30). The topological polar surface area (TPSA) is 127 Å². The second kappa shape index (κ2) is 9.61. The third kappa shape index (κ3) is 5.05. The summed E-state index contributed by atoms with van der Waals surface area (Å²) in [5.74, 6) is -0.440. The fourth-order valence-corrected chi connectivity index (χ4v) is 3.35. The van der Waals surface area contributed by atoms with E-state index in [1.165, 1.54) is 42.5 Å². The lowest BCUT2D eigenvalue weighted by Crippen LogP contribution is -2.13. The molecular weight excluding hydrogens is 436 g/mol. The van der Waals surface area contributed by atoms with E-state index in [9.17, 15) is 25.0 Å². The van der Waals surface area contributed by atoms with Crippen LogP contribution in [0.25, 0.3) is 11.1 Å². The van der Waals surface area contributed by atoms with Gasteiger partial charge in [-0.1, -0.05) is 42.5 Å². The van der Waals surface area contributed by atoms with Crippen LogP contribution in [0.15, 0.2) is 97.1 Å². The molecule has 4 aromatic carbocycles. The van der Waals surface area contributed by atoms with Crippen molar-refractivity contribution in [3.05, 3.63) is 123 Å². The number of anilines is 3. The molecule has 2 N–H and O–H groups in total. The number of non-ortho nitro benzene ring substituents is 2. The number of nitrogens with zero attached hydrogens (tertiary/aromatic N) is 2. The maximum atomic E-state index is 13.0. The average molecular weight is 454 g/mol. The Hall–Kier alpha value is -5.05. The minimum atomic E-state index is -0.554. The summed E-state index contributed by atoms with van der Waals surface area (Å²) in [4.78, 5) is 34.1. The normalized spacial score (nSPS) is 10.4. The lowest BCUT2D eigenvalue weighted by Gasteiger charge is -2.14. The molecule has 34 heavy (non-hydrogen) atoms. The molecule has 1 amide bonds. The first-order valence-electron chi connectivity index (χ1n) is 10.2. The van der Waals surface area contributed by atoms with Gasteiger partial charge in [0.2, 0.25) is 0 Å². The third-order valence-corrected chi connectivity index (χ3v) is 5.05. The van der Waals surface area contributed by atoms with Gasteiger partial charge in [-0.15, -0.1) is 0 Å². The van der Waals surface area contributed by atoms with E-state index in [2.05, 4.69) is 10.6 Å². The molecule has 0 spiro atoms. The highest BCUT2D eigenvalue weighted by Gasteiger charge is 2.15. The Labute approximate surface area is 194 Å². The Morgan fingerprint density at radius 2 is 1.29 bits per heavy atom. The zero-order chi connectivity index (χ0) is 24.1. The first-order valence-corrected chi connectivity index (χ1v) is 10.2. The fourth-order valence-electron chi connectivity index (χ4n) is 3.35. The summed E-state index contributed by atoms with van der Waals surface area (Å²) in [6, 6.07) is 26.3. The highest BCUT2D eigenvalue weighted by molar-refractivity contribution is 6.07. The molecule has 0 fully saturated rings. The molecule has 0 radical (unpaired) electrons. The first-order chi connectivity index (χ1) is 16.4. The molecule has 168 valence electrons. The quantitative estimate of drug-likeness (QED) is 0.254. The second-order valence-corrected chi connectivity index (χ2v) is 7.32. The van der Waals surface area contributed by atoms with Crippen LogP contribution in [0.3, 0.4) is 0 Å². The summed E-state index contributed by atoms with van der Waals surface area (Å²) < 4.78 is 0. The van der Waals surface area contributed by atoms with Crippen molar-refractivity contribution in [2.45, 2.75) is 0 Å². The van der Waals surface area contributed by atoms with Crippen molar-refractivity contribution in [1.29, 1.82) is 0 Å². The molecular formula is C25H18N4O5. The Kier molecular flexibility index (Phi) is 6.26. The smallest absolute Gasteiger partial charge is 0.271 e. The number of rotatable bonds is 7. The van der Waals surface area contributed by atoms with Gasteiger partial charge in [0.05, 0.1) is 21.2 Å². The Bertz CT molecular complexity index is 1370. The summed E-state index contributed by atoms with van der Waals surface area (Å²) in [6.45, 7) is 0. The summed E-state index contributed by atoms with van der Waals surface area (Å²) in [6.07, 6.45) is 0. The molecule has 0 aliphatic heterocycles. The van der Waals surface area contributed by atoms with Crippen LogP contribution in [0.4, 0.5) is 28.4 Å². The molecule has 0 aliphatic rings. The lowest BCUT2D eigenvalue weighted by atomic mass is 10.0. The zero-order valence-electron chi connectivity index (χ0n) is 17.7. The van der Waals surface area contributed by atoms with Gasteiger partial charge in [0, 0.05) is 35.5 Å². The number of benzene rings is 4. The van der Waals surface area contributed by atoms with Gasteiger partial charge in [0.1, 0.15) is 0 Å².